The zero-order chi connectivity index (χ0) is 7.40. The first-order valence-electron chi connectivity index (χ1n) is 2.71. The third-order valence-corrected chi connectivity index (χ3v) is 1.00. The minimum Gasteiger partial charge on any atom is -0.264 e. The van der Waals surface area contributed by atoms with Crippen LogP contribution < -0.4 is 11.3 Å². The summed E-state index contributed by atoms with van der Waals surface area (Å²) < 4.78 is 0. The van der Waals surface area contributed by atoms with Crippen LogP contribution in [-0.2, 0) is 0 Å². The van der Waals surface area contributed by atoms with E-state index in [9.17, 15) is 4.79 Å². The first-order chi connectivity index (χ1) is 4.84. The van der Waals surface area contributed by atoms with E-state index < -0.39 is 5.91 Å². The van der Waals surface area contributed by atoms with Crippen molar-refractivity contribution in [3.63, 3.8) is 0 Å². The monoisotopic (exact) mass is 136 g/mol. The molecule has 0 aromatic carbocycles. The van der Waals surface area contributed by atoms with Gasteiger partial charge < -0.3 is 0 Å². The van der Waals surface area contributed by atoms with Gasteiger partial charge in [-0.05, 0) is 12.1 Å². The summed E-state index contributed by atoms with van der Waals surface area (Å²) in [6.45, 7) is 0. The van der Waals surface area contributed by atoms with E-state index in [4.69, 9.17) is 5.84 Å². The Bertz CT molecular complexity index is 222. The smallest absolute Gasteiger partial charge is 0.264 e. The summed E-state index contributed by atoms with van der Waals surface area (Å²) in [5.74, 6) is 4.24. The van der Waals surface area contributed by atoms with Crippen LogP contribution in [0.2, 0.25) is 0 Å². The van der Waals surface area contributed by atoms with Gasteiger partial charge in [-0.3, -0.25) is 9.78 Å². The summed E-state index contributed by atoms with van der Waals surface area (Å²) in [6.07, 6.45) is 1.51. The number of hydrogen-bond acceptors (Lipinski definition) is 3. The Balaban J connectivity index is 2.85. The molecule has 0 atom stereocenters. The van der Waals surface area contributed by atoms with Crippen molar-refractivity contribution in [2.75, 3.05) is 0 Å². The average Bonchev–Trinajstić information content (AvgIpc) is 2.05. The predicted octanol–water partition coefficient (Wildman–Crippen LogP) is -0.300. The summed E-state index contributed by atoms with van der Waals surface area (Å²) >= 11 is 0. The molecule has 0 bridgehead atoms. The first-order valence-corrected chi connectivity index (χ1v) is 2.71. The molecule has 10 heavy (non-hydrogen) atoms. The van der Waals surface area contributed by atoms with Gasteiger partial charge in [0.25, 0.3) is 0 Å². The lowest BCUT2D eigenvalue weighted by molar-refractivity contribution is 0.0944. The molecule has 1 rings (SSSR count). The summed E-state index contributed by atoms with van der Waals surface area (Å²) in [6, 6.07) is 4.97. The van der Waals surface area contributed by atoms with Gasteiger partial charge in [-0.25, -0.2) is 5.84 Å². The third-order valence-electron chi connectivity index (χ3n) is 1.00. The molecule has 2 N–H and O–H groups in total. The fraction of sp³-hybridized carbons (Fsp3) is 0. The first kappa shape index (κ1) is 6.70. The van der Waals surface area contributed by atoms with E-state index in [2.05, 4.69) is 10.4 Å². The van der Waals surface area contributed by atoms with Crippen LogP contribution >= 0.6 is 0 Å². The molecule has 51 valence electrons. The molecule has 0 fully saturated rings. The summed E-state index contributed by atoms with van der Waals surface area (Å²) in [5.41, 5.74) is 3.23. The Morgan fingerprint density at radius 3 is 2.90 bits per heavy atom. The largest absolute Gasteiger partial charge is 0.307 e. The van der Waals surface area contributed by atoms with E-state index in [1.54, 1.807) is 18.2 Å². The zero-order valence-corrected chi connectivity index (χ0v) is 5.19. The number of carbonyl (C=O) groups is 1. The van der Waals surface area contributed by atoms with Crippen molar-refractivity contribution in [2.24, 2.45) is 5.84 Å². The zero-order valence-electron chi connectivity index (χ0n) is 5.19. The second kappa shape index (κ2) is 2.93. The highest BCUT2D eigenvalue weighted by molar-refractivity contribution is 5.91. The molecule has 0 aliphatic carbocycles. The maximum Gasteiger partial charge on any atom is 0.307 e. The second-order valence-corrected chi connectivity index (χ2v) is 1.65. The molecular weight excluding hydrogens is 130 g/mol. The Hall–Kier alpha value is -1.42. The number of nitrogens with zero attached hydrogens (tertiary/aromatic N) is 2. The van der Waals surface area contributed by atoms with Crippen molar-refractivity contribution in [1.29, 1.82) is 0 Å². The van der Waals surface area contributed by atoms with E-state index in [1.807, 2.05) is 0 Å². The molecule has 1 radical (unpaired) electrons. The average molecular weight is 136 g/mol. The van der Waals surface area contributed by atoms with Gasteiger partial charge >= 0.3 is 5.91 Å². The molecule has 1 aromatic heterocycles. The lowest BCUT2D eigenvalue weighted by Gasteiger charge is -1.91. The molecule has 0 spiro atoms. The lowest BCUT2D eigenvalue weighted by Crippen LogP contribution is -2.22. The molecule has 1 heterocycles. The normalized spacial score (nSPS) is 8.90. The predicted molar refractivity (Wildman–Crippen MR) is 34.9 cm³/mol. The van der Waals surface area contributed by atoms with E-state index >= 15 is 0 Å². The van der Waals surface area contributed by atoms with Crippen LogP contribution in [0.5, 0.6) is 0 Å². The van der Waals surface area contributed by atoms with Crippen LogP contribution in [0.3, 0.4) is 0 Å². The number of aromatic nitrogens is 1. The second-order valence-electron chi connectivity index (χ2n) is 1.65. The van der Waals surface area contributed by atoms with Crippen LogP contribution in [0.1, 0.15) is 10.5 Å². The van der Waals surface area contributed by atoms with Crippen molar-refractivity contribution >= 4 is 5.91 Å². The van der Waals surface area contributed by atoms with Crippen molar-refractivity contribution in [3.8, 4) is 0 Å². The van der Waals surface area contributed by atoms with Gasteiger partial charge in [-0.15, -0.1) is 0 Å². The van der Waals surface area contributed by atoms with Crippen molar-refractivity contribution in [2.45, 2.75) is 0 Å². The van der Waals surface area contributed by atoms with Gasteiger partial charge in [0.15, 0.2) is 0 Å². The van der Waals surface area contributed by atoms with E-state index in [-0.39, 0.29) is 5.69 Å². The van der Waals surface area contributed by atoms with Gasteiger partial charge in [0.05, 0.1) is 0 Å². The van der Waals surface area contributed by atoms with E-state index in [0.29, 0.717) is 0 Å². The molecule has 4 heteroatoms. The summed E-state index contributed by atoms with van der Waals surface area (Å²) in [7, 11) is 0. The fourth-order valence-corrected chi connectivity index (χ4v) is 0.555. The Kier molecular flexibility index (Phi) is 1.96. The Morgan fingerprint density at radius 2 is 2.40 bits per heavy atom. The molecule has 4 nitrogen and oxygen atoms in total. The quantitative estimate of drug-likeness (QED) is 0.327. The van der Waals surface area contributed by atoms with Crippen LogP contribution in [-0.4, -0.2) is 10.9 Å². The fourth-order valence-electron chi connectivity index (χ4n) is 0.555. The number of pyridine rings is 1. The topological polar surface area (TPSA) is 70.1 Å². The maximum atomic E-state index is 10.7. The Labute approximate surface area is 58.0 Å². The van der Waals surface area contributed by atoms with Gasteiger partial charge in [0.1, 0.15) is 5.69 Å². The number of amides is 1. The minimum atomic E-state index is -0.499. The number of carbonyl (C=O) groups excluding carboxylic acids is 1. The molecule has 0 aliphatic rings. The number of nitrogens with two attached hydrogens (primary N) is 1. The standard InChI is InChI=1S/C6H6N3O/c7-9-6(10)5-3-1-2-4-8-5/h1-4H,7H2. The highest BCUT2D eigenvalue weighted by Gasteiger charge is 2.02. The molecule has 1 aromatic rings. The lowest BCUT2D eigenvalue weighted by atomic mass is 10.3. The maximum absolute atomic E-state index is 10.7. The highest BCUT2D eigenvalue weighted by atomic mass is 16.2. The SMILES string of the molecule is N[N]C(=O)c1ccccn1. The molecular formula is C6H6N3O. The minimum absolute atomic E-state index is 0.269. The van der Waals surface area contributed by atoms with E-state index in [0.717, 1.165) is 0 Å². The molecule has 0 unspecified atom stereocenters. The molecule has 0 aliphatic heterocycles. The van der Waals surface area contributed by atoms with Crippen LogP contribution in [0.4, 0.5) is 0 Å². The van der Waals surface area contributed by atoms with E-state index in [1.165, 1.54) is 6.20 Å². The van der Waals surface area contributed by atoms with Gasteiger partial charge in [-0.2, -0.15) is 5.43 Å². The van der Waals surface area contributed by atoms with Crippen molar-refractivity contribution in [1.82, 2.24) is 10.4 Å². The van der Waals surface area contributed by atoms with Gasteiger partial charge in [-0.1, -0.05) is 6.07 Å². The Morgan fingerprint density at radius 1 is 1.60 bits per heavy atom. The third kappa shape index (κ3) is 1.29. The molecule has 0 saturated heterocycles. The van der Waals surface area contributed by atoms with Gasteiger partial charge in [0.2, 0.25) is 0 Å². The molecule has 1 amide bonds. The van der Waals surface area contributed by atoms with Crippen LogP contribution in [0.15, 0.2) is 24.4 Å². The number of hydrogen-bond donors (Lipinski definition) is 1. The van der Waals surface area contributed by atoms with Crippen LogP contribution in [0.25, 0.3) is 0 Å². The van der Waals surface area contributed by atoms with Crippen molar-refractivity contribution < 1.29 is 4.79 Å². The highest BCUT2D eigenvalue weighted by Crippen LogP contribution is 1.91. The summed E-state index contributed by atoms with van der Waals surface area (Å²) in [5, 5.41) is 0. The van der Waals surface area contributed by atoms with Crippen LogP contribution in [0, 0.1) is 0 Å². The molecule has 0 saturated carbocycles. The number of rotatable bonds is 1. The van der Waals surface area contributed by atoms with Gasteiger partial charge in [0, 0.05) is 6.20 Å². The summed E-state index contributed by atoms with van der Waals surface area (Å²) in [4.78, 5) is 14.4. The van der Waals surface area contributed by atoms with Crippen molar-refractivity contribution in [3.05, 3.63) is 30.1 Å².